The van der Waals surface area contributed by atoms with Crippen LogP contribution < -0.4 is 0 Å². The summed E-state index contributed by atoms with van der Waals surface area (Å²) >= 11 is 8.55. The Bertz CT molecular complexity index is 440. The fourth-order valence-electron chi connectivity index (χ4n) is 3.04. The average Bonchev–Trinajstić information content (AvgIpc) is 2.76. The molecule has 0 aliphatic heterocycles. The molecule has 0 aliphatic rings. The Kier molecular flexibility index (Phi) is 19.3. The van der Waals surface area contributed by atoms with Crippen LogP contribution in [0.1, 0.15) is 101 Å². The van der Waals surface area contributed by atoms with Gasteiger partial charge in [-0.1, -0.05) is 65.5 Å². The van der Waals surface area contributed by atoms with Crippen molar-refractivity contribution in [3.05, 3.63) is 34.4 Å². The highest BCUT2D eigenvalue weighted by atomic mass is 32.2. The maximum Gasteiger partial charge on any atom is 0.0187 e. The predicted molar refractivity (Wildman–Crippen MR) is 151 cm³/mol. The Morgan fingerprint density at radius 3 is 0.867 bits per heavy atom. The molecule has 1 aromatic rings. The van der Waals surface area contributed by atoms with Crippen molar-refractivity contribution in [3.8, 4) is 0 Å². The average molecular weight is 487 g/mol. The summed E-state index contributed by atoms with van der Waals surface area (Å²) < 4.78 is 0. The lowest BCUT2D eigenvalue weighted by molar-refractivity contribution is 0.894. The van der Waals surface area contributed by atoms with Crippen molar-refractivity contribution >= 4 is 47.0 Å². The van der Waals surface area contributed by atoms with Gasteiger partial charge in [0.15, 0.2) is 0 Å². The number of thioether (sulfide) groups is 4. The van der Waals surface area contributed by atoms with Crippen LogP contribution in [-0.4, -0.2) is 23.0 Å². The lowest BCUT2D eigenvalue weighted by atomic mass is 10.0. The lowest BCUT2D eigenvalue weighted by Crippen LogP contribution is -2.01. The second-order valence-electron chi connectivity index (χ2n) is 8.01. The van der Waals surface area contributed by atoms with E-state index in [-0.39, 0.29) is 0 Å². The van der Waals surface area contributed by atoms with Gasteiger partial charge in [-0.3, -0.25) is 0 Å². The molecule has 0 nitrogen and oxygen atoms in total. The van der Waals surface area contributed by atoms with Crippen LogP contribution in [0.25, 0.3) is 0 Å². The van der Waals surface area contributed by atoms with Gasteiger partial charge in [-0.05, 0) is 70.9 Å². The number of benzene rings is 1. The zero-order valence-corrected chi connectivity index (χ0v) is 23.4. The van der Waals surface area contributed by atoms with Crippen molar-refractivity contribution in [1.82, 2.24) is 0 Å². The molecule has 0 unspecified atom stereocenters. The molecule has 0 radical (unpaired) electrons. The first-order chi connectivity index (χ1) is 14.8. The SMILES string of the molecule is CCCCSCc1cc(CSCCCC)c(CSCCCC)cc1CSCCCC. The van der Waals surface area contributed by atoms with E-state index in [1.54, 1.807) is 22.3 Å². The minimum Gasteiger partial charge on any atom is -0.157 e. The van der Waals surface area contributed by atoms with E-state index in [0.717, 1.165) is 0 Å². The number of hydrogen-bond donors (Lipinski definition) is 0. The molecule has 0 N–H and O–H groups in total. The fraction of sp³-hybridized carbons (Fsp3) is 0.769. The van der Waals surface area contributed by atoms with Gasteiger partial charge in [0, 0.05) is 23.0 Å². The second kappa shape index (κ2) is 20.2. The summed E-state index contributed by atoms with van der Waals surface area (Å²) in [5.41, 5.74) is 6.48. The molecular formula is C26H46S4. The van der Waals surface area contributed by atoms with Gasteiger partial charge >= 0.3 is 0 Å². The van der Waals surface area contributed by atoms with Crippen molar-refractivity contribution in [2.75, 3.05) is 23.0 Å². The van der Waals surface area contributed by atoms with E-state index in [4.69, 9.17) is 0 Å². The van der Waals surface area contributed by atoms with Crippen molar-refractivity contribution < 1.29 is 0 Å². The quantitative estimate of drug-likeness (QED) is 0.168. The summed E-state index contributed by atoms with van der Waals surface area (Å²) in [5, 5.41) is 0. The fourth-order valence-corrected chi connectivity index (χ4v) is 7.55. The number of unbranched alkanes of at least 4 members (excludes halogenated alkanes) is 4. The highest BCUT2D eigenvalue weighted by Gasteiger charge is 2.11. The first-order valence-electron chi connectivity index (χ1n) is 12.2. The normalized spacial score (nSPS) is 11.3. The molecule has 174 valence electrons. The van der Waals surface area contributed by atoms with Crippen molar-refractivity contribution in [3.63, 3.8) is 0 Å². The molecule has 0 atom stereocenters. The van der Waals surface area contributed by atoms with Crippen LogP contribution in [0.15, 0.2) is 12.1 Å². The van der Waals surface area contributed by atoms with Gasteiger partial charge in [-0.2, -0.15) is 47.0 Å². The van der Waals surface area contributed by atoms with Gasteiger partial charge in [0.25, 0.3) is 0 Å². The van der Waals surface area contributed by atoms with Gasteiger partial charge in [-0.25, -0.2) is 0 Å². The lowest BCUT2D eigenvalue weighted by Gasteiger charge is -2.17. The largest absolute Gasteiger partial charge is 0.157 e. The van der Waals surface area contributed by atoms with E-state index >= 15 is 0 Å². The Balaban J connectivity index is 2.93. The minimum atomic E-state index is 1.19. The van der Waals surface area contributed by atoms with Gasteiger partial charge in [0.1, 0.15) is 0 Å². The first-order valence-corrected chi connectivity index (χ1v) is 16.8. The Hall–Kier alpha value is 0.620. The van der Waals surface area contributed by atoms with Crippen LogP contribution in [0.4, 0.5) is 0 Å². The van der Waals surface area contributed by atoms with E-state index < -0.39 is 0 Å². The molecule has 0 heterocycles. The Morgan fingerprint density at radius 1 is 0.433 bits per heavy atom. The second-order valence-corrected chi connectivity index (χ2v) is 12.4. The van der Waals surface area contributed by atoms with Crippen LogP contribution in [0.2, 0.25) is 0 Å². The summed E-state index contributed by atoms with van der Waals surface area (Å²) in [4.78, 5) is 0. The van der Waals surface area contributed by atoms with Crippen LogP contribution in [-0.2, 0) is 23.0 Å². The van der Waals surface area contributed by atoms with E-state index in [1.807, 2.05) is 0 Å². The molecule has 1 aromatic carbocycles. The molecule has 30 heavy (non-hydrogen) atoms. The highest BCUT2D eigenvalue weighted by Crippen LogP contribution is 2.30. The molecule has 1 rings (SSSR count). The van der Waals surface area contributed by atoms with Crippen LogP contribution in [0.5, 0.6) is 0 Å². The summed E-state index contributed by atoms with van der Waals surface area (Å²) in [6, 6.07) is 5.20. The molecular weight excluding hydrogens is 441 g/mol. The zero-order valence-electron chi connectivity index (χ0n) is 20.1. The van der Waals surface area contributed by atoms with Crippen LogP contribution in [0, 0.1) is 0 Å². The summed E-state index contributed by atoms with van der Waals surface area (Å²) in [6.07, 6.45) is 10.6. The van der Waals surface area contributed by atoms with Gasteiger partial charge in [-0.15, -0.1) is 0 Å². The van der Waals surface area contributed by atoms with E-state index in [2.05, 4.69) is 86.9 Å². The molecule has 0 aromatic heterocycles. The molecule has 0 aliphatic carbocycles. The Morgan fingerprint density at radius 2 is 0.667 bits per heavy atom. The van der Waals surface area contributed by atoms with Crippen LogP contribution >= 0.6 is 47.0 Å². The summed E-state index contributed by atoms with van der Waals surface area (Å²) in [7, 11) is 0. The molecule has 0 fully saturated rings. The summed E-state index contributed by atoms with van der Waals surface area (Å²) in [6.45, 7) is 9.19. The molecule has 0 amide bonds. The standard InChI is InChI=1S/C26H46S4/c1-5-9-13-27-19-23-17-25(21-29-15-11-7-3)26(22-30-16-12-8-4)18-24(23)20-28-14-10-6-2/h17-18H,5-16,19-22H2,1-4H3. The van der Waals surface area contributed by atoms with Gasteiger partial charge < -0.3 is 0 Å². The van der Waals surface area contributed by atoms with E-state index in [0.29, 0.717) is 0 Å². The zero-order chi connectivity index (χ0) is 21.9. The maximum atomic E-state index is 2.60. The molecule has 0 saturated carbocycles. The predicted octanol–water partition coefficient (Wildman–Crippen LogP) is 9.82. The third kappa shape index (κ3) is 13.2. The minimum absolute atomic E-state index is 1.19. The van der Waals surface area contributed by atoms with Crippen molar-refractivity contribution in [2.45, 2.75) is 102 Å². The van der Waals surface area contributed by atoms with Crippen molar-refractivity contribution in [2.24, 2.45) is 0 Å². The third-order valence-electron chi connectivity index (χ3n) is 5.12. The summed E-state index contributed by atoms with van der Waals surface area (Å²) in [5.74, 6) is 9.97. The first kappa shape index (κ1) is 28.7. The van der Waals surface area contributed by atoms with E-state index in [1.165, 1.54) is 97.4 Å². The van der Waals surface area contributed by atoms with Crippen molar-refractivity contribution in [1.29, 1.82) is 0 Å². The van der Waals surface area contributed by atoms with Gasteiger partial charge in [0.05, 0.1) is 0 Å². The van der Waals surface area contributed by atoms with E-state index in [9.17, 15) is 0 Å². The number of rotatable bonds is 20. The highest BCUT2D eigenvalue weighted by molar-refractivity contribution is 7.99. The number of hydrogen-bond acceptors (Lipinski definition) is 4. The topological polar surface area (TPSA) is 0 Å². The molecule has 4 heteroatoms. The molecule has 0 spiro atoms. The van der Waals surface area contributed by atoms with Crippen LogP contribution in [0.3, 0.4) is 0 Å². The maximum absolute atomic E-state index is 2.60. The third-order valence-corrected chi connectivity index (χ3v) is 9.49. The monoisotopic (exact) mass is 486 g/mol. The Labute approximate surface area is 205 Å². The smallest absolute Gasteiger partial charge is 0.0187 e. The molecule has 0 saturated heterocycles. The van der Waals surface area contributed by atoms with Gasteiger partial charge in [0.2, 0.25) is 0 Å². The molecule has 0 bridgehead atoms.